The van der Waals surface area contributed by atoms with Crippen LogP contribution in [0, 0.1) is 0 Å². The molecule has 1 aliphatic heterocycles. The van der Waals surface area contributed by atoms with Crippen LogP contribution in [0.25, 0.3) is 0 Å². The maximum absolute atomic E-state index is 12.1. The predicted octanol–water partition coefficient (Wildman–Crippen LogP) is 1.55. The monoisotopic (exact) mass is 377 g/mol. The van der Waals surface area contributed by atoms with Gasteiger partial charge in [-0.1, -0.05) is 30.3 Å². The Labute approximate surface area is 156 Å². The number of benzene rings is 1. The molecule has 3 N–H and O–H groups in total. The number of amides is 3. The van der Waals surface area contributed by atoms with Crippen molar-refractivity contribution in [1.29, 1.82) is 0 Å². The van der Waals surface area contributed by atoms with E-state index in [1.807, 2.05) is 30.3 Å². The summed E-state index contributed by atoms with van der Waals surface area (Å²) in [5, 5.41) is 8.12. The number of urea groups is 1. The third kappa shape index (κ3) is 5.80. The summed E-state index contributed by atoms with van der Waals surface area (Å²) >= 11 is 1.33. The molecule has 1 atom stereocenters. The third-order valence-electron chi connectivity index (χ3n) is 3.68. The summed E-state index contributed by atoms with van der Waals surface area (Å²) in [4.78, 5) is 35.8. The van der Waals surface area contributed by atoms with Crippen molar-refractivity contribution in [2.24, 2.45) is 0 Å². The number of carbonyl (C=O) groups is 3. The van der Waals surface area contributed by atoms with Crippen LogP contribution in [0.15, 0.2) is 41.6 Å². The van der Waals surface area contributed by atoms with Gasteiger partial charge in [0.05, 0.1) is 24.0 Å². The summed E-state index contributed by atoms with van der Waals surface area (Å²) < 4.78 is 5.06. The predicted molar refractivity (Wildman–Crippen MR) is 100 cm³/mol. The van der Waals surface area contributed by atoms with Crippen molar-refractivity contribution in [3.63, 3.8) is 0 Å². The standard InChI is InChI=1S/C18H23N3O4S/c1-3-25-17(23)16-12(2)20-18(24)21-14(16)10-26-11-15(22)19-9-13-7-5-4-6-8-13/h4-8,12H,3,9-11H2,1-2H3,(H,19,22)(H2,20,21,24). The molecule has 1 aromatic carbocycles. The Bertz CT molecular complexity index is 691. The minimum absolute atomic E-state index is 0.106. The minimum atomic E-state index is -0.461. The van der Waals surface area contributed by atoms with Gasteiger partial charge in [0.15, 0.2) is 0 Å². The van der Waals surface area contributed by atoms with Crippen LogP contribution in [0.3, 0.4) is 0 Å². The fourth-order valence-electron chi connectivity index (χ4n) is 2.49. The molecule has 1 unspecified atom stereocenters. The van der Waals surface area contributed by atoms with Gasteiger partial charge in [0, 0.05) is 18.0 Å². The molecule has 0 spiro atoms. The Morgan fingerprint density at radius 2 is 2.00 bits per heavy atom. The second kappa shape index (κ2) is 9.86. The zero-order valence-electron chi connectivity index (χ0n) is 14.8. The van der Waals surface area contributed by atoms with Crippen molar-refractivity contribution in [2.45, 2.75) is 26.4 Å². The first-order valence-corrected chi connectivity index (χ1v) is 9.52. The van der Waals surface area contributed by atoms with E-state index in [2.05, 4.69) is 16.0 Å². The molecule has 0 bridgehead atoms. The number of thioether (sulfide) groups is 1. The Kier molecular flexibility index (Phi) is 7.53. The summed E-state index contributed by atoms with van der Waals surface area (Å²) in [6, 6.07) is 8.83. The molecule has 140 valence electrons. The summed E-state index contributed by atoms with van der Waals surface area (Å²) in [7, 11) is 0. The quantitative estimate of drug-likeness (QED) is 0.598. The van der Waals surface area contributed by atoms with E-state index in [-0.39, 0.29) is 24.3 Å². The topological polar surface area (TPSA) is 96.5 Å². The Morgan fingerprint density at radius 3 is 2.69 bits per heavy atom. The fraction of sp³-hybridized carbons (Fsp3) is 0.389. The van der Waals surface area contributed by atoms with E-state index in [0.717, 1.165) is 5.56 Å². The molecule has 0 saturated carbocycles. The number of hydrogen-bond donors (Lipinski definition) is 3. The van der Waals surface area contributed by atoms with Gasteiger partial charge in [-0.2, -0.15) is 0 Å². The average molecular weight is 377 g/mol. The van der Waals surface area contributed by atoms with E-state index < -0.39 is 12.0 Å². The Hall–Kier alpha value is -2.48. The summed E-state index contributed by atoms with van der Waals surface area (Å²) in [5.74, 6) is -0.00325. The first kappa shape index (κ1) is 19.8. The number of rotatable bonds is 8. The largest absolute Gasteiger partial charge is 0.463 e. The number of ether oxygens (including phenoxy) is 1. The van der Waals surface area contributed by atoms with Gasteiger partial charge in [0.25, 0.3) is 0 Å². The van der Waals surface area contributed by atoms with Crippen LogP contribution in [0.4, 0.5) is 4.79 Å². The van der Waals surface area contributed by atoms with Crippen LogP contribution >= 0.6 is 11.8 Å². The van der Waals surface area contributed by atoms with Crippen molar-refractivity contribution >= 4 is 29.7 Å². The minimum Gasteiger partial charge on any atom is -0.463 e. The van der Waals surface area contributed by atoms with Crippen molar-refractivity contribution in [1.82, 2.24) is 16.0 Å². The smallest absolute Gasteiger partial charge is 0.337 e. The zero-order chi connectivity index (χ0) is 18.9. The van der Waals surface area contributed by atoms with Gasteiger partial charge in [-0.15, -0.1) is 11.8 Å². The Morgan fingerprint density at radius 1 is 1.27 bits per heavy atom. The fourth-order valence-corrected chi connectivity index (χ4v) is 3.31. The normalized spacial score (nSPS) is 16.5. The molecule has 1 aromatic rings. The van der Waals surface area contributed by atoms with E-state index in [1.165, 1.54) is 11.8 Å². The second-order valence-electron chi connectivity index (χ2n) is 5.69. The zero-order valence-corrected chi connectivity index (χ0v) is 15.7. The SMILES string of the molecule is CCOC(=O)C1=C(CSCC(=O)NCc2ccccc2)NC(=O)NC1C. The highest BCUT2D eigenvalue weighted by atomic mass is 32.2. The number of esters is 1. The second-order valence-corrected chi connectivity index (χ2v) is 6.67. The van der Waals surface area contributed by atoms with Gasteiger partial charge in [-0.05, 0) is 19.4 Å². The van der Waals surface area contributed by atoms with Gasteiger partial charge >= 0.3 is 12.0 Å². The van der Waals surface area contributed by atoms with Crippen LogP contribution in [-0.2, 0) is 20.9 Å². The highest BCUT2D eigenvalue weighted by Gasteiger charge is 2.29. The molecule has 7 nitrogen and oxygen atoms in total. The van der Waals surface area contributed by atoms with Crippen LogP contribution in [0.2, 0.25) is 0 Å². The molecule has 8 heteroatoms. The summed E-state index contributed by atoms with van der Waals surface area (Å²) in [5.41, 5.74) is 1.90. The molecule has 1 aliphatic rings. The first-order chi connectivity index (χ1) is 12.5. The highest BCUT2D eigenvalue weighted by molar-refractivity contribution is 8.00. The summed E-state index contributed by atoms with van der Waals surface area (Å²) in [6.45, 7) is 4.17. The van der Waals surface area contributed by atoms with Crippen molar-refractivity contribution in [3.8, 4) is 0 Å². The van der Waals surface area contributed by atoms with Gasteiger partial charge in [-0.25, -0.2) is 9.59 Å². The van der Waals surface area contributed by atoms with Gasteiger partial charge in [0.1, 0.15) is 0 Å². The van der Waals surface area contributed by atoms with Gasteiger partial charge in [0.2, 0.25) is 5.91 Å². The maximum Gasteiger partial charge on any atom is 0.337 e. The van der Waals surface area contributed by atoms with Crippen LogP contribution in [0.1, 0.15) is 19.4 Å². The molecule has 0 saturated heterocycles. The van der Waals surface area contributed by atoms with E-state index in [4.69, 9.17) is 4.74 Å². The van der Waals surface area contributed by atoms with E-state index in [1.54, 1.807) is 13.8 Å². The molecule has 0 aromatic heterocycles. The van der Waals surface area contributed by atoms with Crippen molar-refractivity contribution in [2.75, 3.05) is 18.1 Å². The van der Waals surface area contributed by atoms with Crippen molar-refractivity contribution in [3.05, 3.63) is 47.2 Å². The molecule has 0 fully saturated rings. The molecule has 0 aliphatic carbocycles. The lowest BCUT2D eigenvalue weighted by molar-refractivity contribution is -0.139. The number of hydrogen-bond acceptors (Lipinski definition) is 5. The van der Waals surface area contributed by atoms with E-state index in [9.17, 15) is 14.4 Å². The van der Waals surface area contributed by atoms with Crippen LogP contribution in [-0.4, -0.2) is 42.1 Å². The molecule has 0 radical (unpaired) electrons. The molecule has 1 heterocycles. The average Bonchev–Trinajstić information content (AvgIpc) is 2.60. The maximum atomic E-state index is 12.1. The van der Waals surface area contributed by atoms with Crippen molar-refractivity contribution < 1.29 is 19.1 Å². The van der Waals surface area contributed by atoms with Gasteiger partial charge in [-0.3, -0.25) is 4.79 Å². The van der Waals surface area contributed by atoms with Crippen LogP contribution < -0.4 is 16.0 Å². The lowest BCUT2D eigenvalue weighted by Crippen LogP contribution is -2.49. The van der Waals surface area contributed by atoms with Crippen LogP contribution in [0.5, 0.6) is 0 Å². The number of carbonyl (C=O) groups excluding carboxylic acids is 3. The van der Waals surface area contributed by atoms with Gasteiger partial charge < -0.3 is 20.7 Å². The summed E-state index contributed by atoms with van der Waals surface area (Å²) in [6.07, 6.45) is 0. The molecular weight excluding hydrogens is 354 g/mol. The highest BCUT2D eigenvalue weighted by Crippen LogP contribution is 2.18. The lowest BCUT2D eigenvalue weighted by Gasteiger charge is -2.26. The lowest BCUT2D eigenvalue weighted by atomic mass is 10.1. The third-order valence-corrected chi connectivity index (χ3v) is 4.64. The molecule has 26 heavy (non-hydrogen) atoms. The van der Waals surface area contributed by atoms with E-state index in [0.29, 0.717) is 23.6 Å². The number of nitrogens with one attached hydrogen (secondary N) is 3. The first-order valence-electron chi connectivity index (χ1n) is 8.37. The molecule has 2 rings (SSSR count). The van der Waals surface area contributed by atoms with E-state index >= 15 is 0 Å². The molecular formula is C18H23N3O4S. The molecule has 3 amide bonds. The Balaban J connectivity index is 1.88.